The number of hydrogen-bond donors (Lipinski definition) is 1. The first-order chi connectivity index (χ1) is 12.9. The van der Waals surface area contributed by atoms with E-state index >= 15 is 0 Å². The molecule has 27 heavy (non-hydrogen) atoms. The minimum Gasteiger partial charge on any atom is -0.449 e. The van der Waals surface area contributed by atoms with Gasteiger partial charge in [-0.2, -0.15) is 5.26 Å². The third-order valence-corrected chi connectivity index (χ3v) is 4.51. The van der Waals surface area contributed by atoms with Crippen LogP contribution in [0.4, 0.5) is 5.69 Å². The predicted octanol–water partition coefficient (Wildman–Crippen LogP) is 4.56. The molecule has 0 spiro atoms. The standard InChI is InChI=1S/C20H15BrN2O4/c1-11-16-9-14(21)5-8-17(16)27-18(11)20(25)26-12(2)19(24)23-15-6-3-13(10-22)4-7-15/h3-9,12H,1-2H3,(H,23,24). The molecule has 6 nitrogen and oxygen atoms in total. The highest BCUT2D eigenvalue weighted by Gasteiger charge is 2.24. The van der Waals surface area contributed by atoms with Crippen LogP contribution < -0.4 is 5.32 Å². The molecule has 1 heterocycles. The van der Waals surface area contributed by atoms with Crippen LogP contribution in [-0.2, 0) is 9.53 Å². The number of hydrogen-bond acceptors (Lipinski definition) is 5. The normalized spacial score (nSPS) is 11.6. The van der Waals surface area contributed by atoms with Crippen LogP contribution >= 0.6 is 15.9 Å². The van der Waals surface area contributed by atoms with E-state index in [4.69, 9.17) is 14.4 Å². The number of furan rings is 1. The SMILES string of the molecule is Cc1c(C(=O)OC(C)C(=O)Nc2ccc(C#N)cc2)oc2ccc(Br)cc12. The molecule has 0 bridgehead atoms. The molecule has 136 valence electrons. The lowest BCUT2D eigenvalue weighted by atomic mass is 10.1. The molecule has 1 amide bonds. The monoisotopic (exact) mass is 426 g/mol. The number of carbonyl (C=O) groups is 2. The van der Waals surface area contributed by atoms with E-state index in [1.807, 2.05) is 18.2 Å². The maximum atomic E-state index is 12.4. The smallest absolute Gasteiger partial charge is 0.375 e. The quantitative estimate of drug-likeness (QED) is 0.617. The zero-order valence-corrected chi connectivity index (χ0v) is 16.2. The summed E-state index contributed by atoms with van der Waals surface area (Å²) in [5.41, 5.74) is 2.21. The fourth-order valence-corrected chi connectivity index (χ4v) is 2.89. The van der Waals surface area contributed by atoms with Gasteiger partial charge in [-0.05, 0) is 56.3 Å². The van der Waals surface area contributed by atoms with Crippen molar-refractivity contribution in [3.05, 3.63) is 63.8 Å². The highest BCUT2D eigenvalue weighted by atomic mass is 79.9. The first kappa shape index (κ1) is 18.7. The molecular formula is C20H15BrN2O4. The Balaban J connectivity index is 1.70. The summed E-state index contributed by atoms with van der Waals surface area (Å²) in [6.45, 7) is 3.24. The molecule has 1 unspecified atom stereocenters. The number of benzene rings is 2. The second-order valence-corrected chi connectivity index (χ2v) is 6.84. The number of halogens is 1. The molecule has 7 heteroatoms. The fraction of sp³-hybridized carbons (Fsp3) is 0.150. The molecule has 0 aliphatic heterocycles. The molecule has 1 atom stereocenters. The Kier molecular flexibility index (Phi) is 5.28. The lowest BCUT2D eigenvalue weighted by molar-refractivity contribution is -0.123. The average molecular weight is 427 g/mol. The summed E-state index contributed by atoms with van der Waals surface area (Å²) in [5.74, 6) is -1.12. The molecule has 0 fully saturated rings. The van der Waals surface area contributed by atoms with Crippen LogP contribution in [0.25, 0.3) is 11.0 Å². The molecule has 0 aliphatic carbocycles. The average Bonchev–Trinajstić information content (AvgIpc) is 2.98. The van der Waals surface area contributed by atoms with Gasteiger partial charge >= 0.3 is 5.97 Å². The van der Waals surface area contributed by atoms with Gasteiger partial charge in [-0.1, -0.05) is 15.9 Å². The zero-order valence-electron chi connectivity index (χ0n) is 14.6. The molecule has 0 aliphatic rings. The van der Waals surface area contributed by atoms with Crippen LogP contribution in [-0.4, -0.2) is 18.0 Å². The largest absolute Gasteiger partial charge is 0.449 e. The summed E-state index contributed by atoms with van der Waals surface area (Å²) < 4.78 is 11.7. The maximum Gasteiger partial charge on any atom is 0.375 e. The van der Waals surface area contributed by atoms with Gasteiger partial charge in [0.2, 0.25) is 5.76 Å². The Morgan fingerprint density at radius 2 is 1.93 bits per heavy atom. The van der Waals surface area contributed by atoms with Crippen molar-refractivity contribution >= 4 is 44.5 Å². The summed E-state index contributed by atoms with van der Waals surface area (Å²) in [5, 5.41) is 12.2. The minimum atomic E-state index is -1.02. The number of nitrogens with zero attached hydrogens (tertiary/aromatic N) is 1. The minimum absolute atomic E-state index is 0.0705. The molecule has 1 N–H and O–H groups in total. The van der Waals surface area contributed by atoms with Crippen molar-refractivity contribution in [2.45, 2.75) is 20.0 Å². The molecule has 0 saturated heterocycles. The molecule has 3 rings (SSSR count). The van der Waals surface area contributed by atoms with E-state index in [1.165, 1.54) is 6.92 Å². The van der Waals surface area contributed by atoms with E-state index in [1.54, 1.807) is 37.3 Å². The van der Waals surface area contributed by atoms with Gasteiger partial charge in [0.15, 0.2) is 6.10 Å². The molecule has 2 aromatic carbocycles. The van der Waals surface area contributed by atoms with Crippen LogP contribution in [0.2, 0.25) is 0 Å². The topological polar surface area (TPSA) is 92.3 Å². The molecule has 1 aromatic heterocycles. The summed E-state index contributed by atoms with van der Waals surface area (Å²) in [7, 11) is 0. The number of fused-ring (bicyclic) bond motifs is 1. The number of nitriles is 1. The van der Waals surface area contributed by atoms with Gasteiger partial charge in [-0.3, -0.25) is 4.79 Å². The van der Waals surface area contributed by atoms with Gasteiger partial charge in [-0.15, -0.1) is 0 Å². The van der Waals surface area contributed by atoms with Gasteiger partial charge in [-0.25, -0.2) is 4.79 Å². The number of rotatable bonds is 4. The number of esters is 1. The van der Waals surface area contributed by atoms with Crippen LogP contribution in [0.1, 0.15) is 28.6 Å². The van der Waals surface area contributed by atoms with Gasteiger partial charge in [0.05, 0.1) is 11.6 Å². The van der Waals surface area contributed by atoms with Crippen molar-refractivity contribution < 1.29 is 18.7 Å². The lowest BCUT2D eigenvalue weighted by Crippen LogP contribution is -2.30. The van der Waals surface area contributed by atoms with E-state index in [9.17, 15) is 9.59 Å². The Hall–Kier alpha value is -3.11. The van der Waals surface area contributed by atoms with Crippen LogP contribution in [0.5, 0.6) is 0 Å². The van der Waals surface area contributed by atoms with Crippen molar-refractivity contribution in [2.24, 2.45) is 0 Å². The number of carbonyl (C=O) groups excluding carboxylic acids is 2. The van der Waals surface area contributed by atoms with Crippen molar-refractivity contribution in [2.75, 3.05) is 5.32 Å². The van der Waals surface area contributed by atoms with Crippen molar-refractivity contribution in [1.82, 2.24) is 0 Å². The number of nitrogens with one attached hydrogen (secondary N) is 1. The summed E-state index contributed by atoms with van der Waals surface area (Å²) in [4.78, 5) is 24.7. The summed E-state index contributed by atoms with van der Waals surface area (Å²) >= 11 is 3.38. The summed E-state index contributed by atoms with van der Waals surface area (Å²) in [6, 6.07) is 13.8. The first-order valence-corrected chi connectivity index (χ1v) is 8.89. The predicted molar refractivity (Wildman–Crippen MR) is 103 cm³/mol. The number of aryl methyl sites for hydroxylation is 1. The van der Waals surface area contributed by atoms with Crippen LogP contribution in [0.3, 0.4) is 0 Å². The molecule has 0 radical (unpaired) electrons. The molecule has 3 aromatic rings. The van der Waals surface area contributed by atoms with Crippen LogP contribution in [0.15, 0.2) is 51.4 Å². The molecular weight excluding hydrogens is 412 g/mol. The second-order valence-electron chi connectivity index (χ2n) is 5.92. The van der Waals surface area contributed by atoms with Gasteiger partial charge in [0, 0.05) is 21.1 Å². The van der Waals surface area contributed by atoms with Gasteiger partial charge in [0.1, 0.15) is 5.58 Å². The Morgan fingerprint density at radius 3 is 2.59 bits per heavy atom. The van der Waals surface area contributed by atoms with Gasteiger partial charge < -0.3 is 14.5 Å². The van der Waals surface area contributed by atoms with Gasteiger partial charge in [0.25, 0.3) is 5.91 Å². The van der Waals surface area contributed by atoms with E-state index < -0.39 is 18.0 Å². The van der Waals surface area contributed by atoms with Crippen molar-refractivity contribution in [1.29, 1.82) is 5.26 Å². The van der Waals surface area contributed by atoms with E-state index in [0.717, 1.165) is 9.86 Å². The number of anilines is 1. The lowest BCUT2D eigenvalue weighted by Gasteiger charge is -2.13. The third-order valence-electron chi connectivity index (χ3n) is 4.02. The maximum absolute atomic E-state index is 12.4. The van der Waals surface area contributed by atoms with Crippen molar-refractivity contribution in [3.63, 3.8) is 0 Å². The first-order valence-electron chi connectivity index (χ1n) is 8.09. The Bertz CT molecular complexity index is 1060. The van der Waals surface area contributed by atoms with Crippen molar-refractivity contribution in [3.8, 4) is 6.07 Å². The highest BCUT2D eigenvalue weighted by molar-refractivity contribution is 9.10. The third kappa shape index (κ3) is 4.01. The van der Waals surface area contributed by atoms with E-state index in [-0.39, 0.29) is 5.76 Å². The number of ether oxygens (including phenoxy) is 1. The Morgan fingerprint density at radius 1 is 1.22 bits per heavy atom. The number of amides is 1. The van der Waals surface area contributed by atoms with E-state index in [2.05, 4.69) is 21.2 Å². The zero-order chi connectivity index (χ0) is 19.6. The molecule has 0 saturated carbocycles. The van der Waals surface area contributed by atoms with E-state index in [0.29, 0.717) is 22.4 Å². The summed E-state index contributed by atoms with van der Waals surface area (Å²) in [6.07, 6.45) is -1.02. The fourth-order valence-electron chi connectivity index (χ4n) is 2.53. The highest BCUT2D eigenvalue weighted by Crippen LogP contribution is 2.28. The second kappa shape index (κ2) is 7.64. The Labute approximate surface area is 163 Å². The van der Waals surface area contributed by atoms with Crippen LogP contribution in [0, 0.1) is 18.3 Å².